The summed E-state index contributed by atoms with van der Waals surface area (Å²) in [6.45, 7) is 15.3. The van der Waals surface area contributed by atoms with Crippen LogP contribution in [0.1, 0.15) is 72.4 Å². The molecule has 1 N–H and O–H groups in total. The minimum absolute atomic E-state index is 0.0136. The van der Waals surface area contributed by atoms with E-state index in [1.54, 1.807) is 26.0 Å². The van der Waals surface area contributed by atoms with Crippen molar-refractivity contribution in [3.8, 4) is 0 Å². The zero-order valence-electron chi connectivity index (χ0n) is 22.9. The minimum Gasteiger partial charge on any atom is -0.512 e. The molecule has 0 saturated carbocycles. The molecule has 0 amide bonds. The molecule has 0 radical (unpaired) electrons. The Kier molecular flexibility index (Phi) is 15.4. The highest BCUT2D eigenvalue weighted by Crippen LogP contribution is 2.33. The number of rotatable bonds is 7. The number of hydrogen-bond donors (Lipinski definition) is 1. The topological polar surface area (TPSA) is 50.4 Å². The van der Waals surface area contributed by atoms with Crippen LogP contribution in [-0.4, -0.2) is 17.1 Å². The fraction of sp³-hybridized carbons (Fsp3) is 0.323. The Bertz CT molecular complexity index is 1090. The molecule has 202 valence electrons. The van der Waals surface area contributed by atoms with Crippen LogP contribution in [-0.2, 0) is 4.79 Å². The SMILES string of the molecule is C=C(C)/C(=C\C(=C/C)c1ccoc1)C(F)(F)F.CC(=O)/C(C)=C(/C)O.CC/C=C(\CC)c1ccccc1. The normalized spacial score (nSPS) is 13.0. The molecule has 2 aromatic rings. The van der Waals surface area contributed by atoms with Gasteiger partial charge in [-0.3, -0.25) is 4.79 Å². The van der Waals surface area contributed by atoms with Crippen LogP contribution in [0.3, 0.4) is 0 Å². The van der Waals surface area contributed by atoms with Gasteiger partial charge in [-0.25, -0.2) is 0 Å². The summed E-state index contributed by atoms with van der Waals surface area (Å²) in [5, 5.41) is 8.65. The summed E-state index contributed by atoms with van der Waals surface area (Å²) < 4.78 is 43.0. The molecule has 0 atom stereocenters. The first-order valence-corrected chi connectivity index (χ1v) is 12.0. The number of carbonyl (C=O) groups excluding carboxylic acids is 1. The lowest BCUT2D eigenvalue weighted by Gasteiger charge is -2.12. The van der Waals surface area contributed by atoms with Crippen molar-refractivity contribution < 1.29 is 27.5 Å². The summed E-state index contributed by atoms with van der Waals surface area (Å²) in [6, 6.07) is 12.2. The van der Waals surface area contributed by atoms with Gasteiger partial charge in [0, 0.05) is 11.1 Å². The van der Waals surface area contributed by atoms with E-state index in [1.807, 2.05) is 0 Å². The number of benzene rings is 1. The van der Waals surface area contributed by atoms with Crippen molar-refractivity contribution in [3.63, 3.8) is 0 Å². The molecule has 1 heterocycles. The van der Waals surface area contributed by atoms with Gasteiger partial charge in [0.15, 0.2) is 5.78 Å². The molecular formula is C31H39F3O3. The van der Waals surface area contributed by atoms with Crippen LogP contribution < -0.4 is 0 Å². The Hall–Kier alpha value is -3.54. The minimum atomic E-state index is -4.40. The molecule has 0 aliphatic carbocycles. The van der Waals surface area contributed by atoms with Crippen LogP contribution in [0, 0.1) is 0 Å². The Morgan fingerprint density at radius 3 is 1.95 bits per heavy atom. The first-order valence-electron chi connectivity index (χ1n) is 12.0. The van der Waals surface area contributed by atoms with E-state index in [1.165, 1.54) is 44.4 Å². The molecule has 37 heavy (non-hydrogen) atoms. The zero-order chi connectivity index (χ0) is 28.6. The first kappa shape index (κ1) is 33.5. The lowest BCUT2D eigenvalue weighted by molar-refractivity contribution is -0.113. The van der Waals surface area contributed by atoms with Gasteiger partial charge in [-0.2, -0.15) is 13.2 Å². The largest absolute Gasteiger partial charge is 0.512 e. The van der Waals surface area contributed by atoms with E-state index in [0.29, 0.717) is 16.7 Å². The number of allylic oxidation sites excluding steroid dienone is 9. The Morgan fingerprint density at radius 1 is 1.03 bits per heavy atom. The summed E-state index contributed by atoms with van der Waals surface area (Å²) in [4.78, 5) is 10.4. The standard InChI is InChI=1S/C13H13F3O.C12H16.C6H10O2/c1-4-10(11-5-6-17-8-11)7-12(9(2)3)13(14,15)16;1-3-8-11(4-2)12-9-6-5-7-10-12;1-4(5(2)7)6(3)8/h4-8H,2H2,1,3H3;5-10H,3-4H2,1-2H3;7H,1-3H3/b10-4+,12-7+;11-8+;5-4-. The third-order valence-electron chi connectivity index (χ3n) is 5.28. The van der Waals surface area contributed by atoms with Gasteiger partial charge in [0.05, 0.1) is 23.9 Å². The summed E-state index contributed by atoms with van der Waals surface area (Å²) in [7, 11) is 0. The second-order valence-electron chi connectivity index (χ2n) is 8.22. The molecule has 0 bridgehead atoms. The van der Waals surface area contributed by atoms with Crippen LogP contribution in [0.15, 0.2) is 101 Å². The van der Waals surface area contributed by atoms with Gasteiger partial charge in [0.25, 0.3) is 0 Å². The number of carbonyl (C=O) groups is 1. The monoisotopic (exact) mass is 516 g/mol. The third kappa shape index (κ3) is 12.8. The third-order valence-corrected chi connectivity index (χ3v) is 5.28. The number of alkyl halides is 3. The maximum Gasteiger partial charge on any atom is 0.416 e. The molecule has 0 fully saturated rings. The van der Waals surface area contributed by atoms with Crippen LogP contribution in [0.4, 0.5) is 13.2 Å². The van der Waals surface area contributed by atoms with E-state index in [9.17, 15) is 18.0 Å². The Labute approximate surface area is 219 Å². The maximum absolute atomic E-state index is 12.7. The van der Waals surface area contributed by atoms with Crippen molar-refractivity contribution in [2.45, 2.75) is 67.5 Å². The highest BCUT2D eigenvalue weighted by Gasteiger charge is 2.34. The van der Waals surface area contributed by atoms with Crippen molar-refractivity contribution in [1.82, 2.24) is 0 Å². The van der Waals surface area contributed by atoms with Crippen molar-refractivity contribution >= 4 is 16.9 Å². The van der Waals surface area contributed by atoms with Crippen LogP contribution in [0.5, 0.6) is 0 Å². The van der Waals surface area contributed by atoms with Crippen LogP contribution in [0.2, 0.25) is 0 Å². The van der Waals surface area contributed by atoms with E-state index in [2.05, 4.69) is 56.8 Å². The number of Topliss-reactive ketones (excluding diaryl/α,β-unsaturated/α-hetero) is 1. The number of furan rings is 1. The molecule has 0 aliphatic rings. The number of hydrogen-bond acceptors (Lipinski definition) is 3. The Morgan fingerprint density at radius 2 is 1.62 bits per heavy atom. The van der Waals surface area contributed by atoms with Gasteiger partial charge in [-0.1, -0.05) is 62.9 Å². The molecular weight excluding hydrogens is 477 g/mol. The van der Waals surface area contributed by atoms with Crippen molar-refractivity contribution in [2.75, 3.05) is 0 Å². The molecule has 3 nitrogen and oxygen atoms in total. The van der Waals surface area contributed by atoms with Crippen LogP contribution >= 0.6 is 0 Å². The summed E-state index contributed by atoms with van der Waals surface area (Å²) in [5.41, 5.74) is 3.57. The fourth-order valence-corrected chi connectivity index (χ4v) is 2.98. The lowest BCUT2D eigenvalue weighted by Crippen LogP contribution is -2.12. The second-order valence-corrected chi connectivity index (χ2v) is 8.22. The van der Waals surface area contributed by atoms with Gasteiger partial charge in [0.2, 0.25) is 0 Å². The summed E-state index contributed by atoms with van der Waals surface area (Å²) >= 11 is 0. The van der Waals surface area contributed by atoms with E-state index in [-0.39, 0.29) is 17.1 Å². The smallest absolute Gasteiger partial charge is 0.416 e. The molecule has 6 heteroatoms. The number of halogens is 3. The quantitative estimate of drug-likeness (QED) is 0.226. The van der Waals surface area contributed by atoms with E-state index >= 15 is 0 Å². The molecule has 0 unspecified atom stereocenters. The van der Waals surface area contributed by atoms with E-state index in [4.69, 9.17) is 9.52 Å². The molecule has 0 aliphatic heterocycles. The fourth-order valence-electron chi connectivity index (χ4n) is 2.98. The van der Waals surface area contributed by atoms with Crippen molar-refractivity contribution in [3.05, 3.63) is 107 Å². The molecule has 0 spiro atoms. The average molecular weight is 517 g/mol. The molecule has 1 aromatic heterocycles. The van der Waals surface area contributed by atoms with Gasteiger partial charge in [0.1, 0.15) is 0 Å². The van der Waals surface area contributed by atoms with Gasteiger partial charge < -0.3 is 9.52 Å². The van der Waals surface area contributed by atoms with E-state index in [0.717, 1.165) is 18.9 Å². The lowest BCUT2D eigenvalue weighted by atomic mass is 10.0. The van der Waals surface area contributed by atoms with Crippen molar-refractivity contribution in [2.24, 2.45) is 0 Å². The number of aliphatic hydroxyl groups excluding tert-OH is 1. The first-order chi connectivity index (χ1) is 17.3. The highest BCUT2D eigenvalue weighted by atomic mass is 19.4. The van der Waals surface area contributed by atoms with Gasteiger partial charge in [-0.15, -0.1) is 0 Å². The van der Waals surface area contributed by atoms with Crippen molar-refractivity contribution in [1.29, 1.82) is 0 Å². The number of ketones is 1. The molecule has 1 aromatic carbocycles. The van der Waals surface area contributed by atoms with Gasteiger partial charge >= 0.3 is 6.18 Å². The predicted molar refractivity (Wildman–Crippen MR) is 148 cm³/mol. The predicted octanol–water partition coefficient (Wildman–Crippen LogP) is 10.1. The van der Waals surface area contributed by atoms with E-state index < -0.39 is 11.7 Å². The summed E-state index contributed by atoms with van der Waals surface area (Å²) in [5.74, 6) is 0.0301. The number of aliphatic hydroxyl groups is 1. The molecule has 2 rings (SSSR count). The Balaban J connectivity index is 0.000000566. The van der Waals surface area contributed by atoms with Crippen LogP contribution in [0.25, 0.3) is 11.1 Å². The molecule has 0 saturated heterocycles. The average Bonchev–Trinajstić information content (AvgIpc) is 3.37. The zero-order valence-corrected chi connectivity index (χ0v) is 22.9. The summed E-state index contributed by atoms with van der Waals surface area (Å²) in [6.07, 6.45) is 5.64. The van der Waals surface area contributed by atoms with Gasteiger partial charge in [-0.05, 0) is 81.9 Å². The highest BCUT2D eigenvalue weighted by molar-refractivity contribution is 5.92. The second kappa shape index (κ2) is 17.0. The maximum atomic E-state index is 12.7.